The van der Waals surface area contributed by atoms with Crippen molar-refractivity contribution in [3.05, 3.63) is 52.7 Å². The first-order chi connectivity index (χ1) is 15.7. The lowest BCUT2D eigenvalue weighted by Gasteiger charge is -2.12. The van der Waals surface area contributed by atoms with E-state index < -0.39 is 0 Å². The predicted molar refractivity (Wildman–Crippen MR) is 121 cm³/mol. The highest BCUT2D eigenvalue weighted by atomic mass is 35.5. The van der Waals surface area contributed by atoms with E-state index in [0.29, 0.717) is 30.0 Å². The fourth-order valence-electron chi connectivity index (χ4n) is 4.79. The van der Waals surface area contributed by atoms with Gasteiger partial charge in [-0.25, -0.2) is 20.3 Å². The third-order valence-corrected chi connectivity index (χ3v) is 6.66. The van der Waals surface area contributed by atoms with Crippen LogP contribution < -0.4 is 5.48 Å². The summed E-state index contributed by atoms with van der Waals surface area (Å²) in [5.74, 6) is 0.639. The lowest BCUT2D eigenvalue weighted by Crippen LogP contribution is -2.23. The van der Waals surface area contributed by atoms with Crippen LogP contribution in [-0.4, -0.2) is 44.1 Å². The van der Waals surface area contributed by atoms with Crippen molar-refractivity contribution >= 4 is 17.4 Å². The second-order valence-corrected chi connectivity index (χ2v) is 8.94. The highest BCUT2D eigenvalue weighted by Gasteiger charge is 2.30. The van der Waals surface area contributed by atoms with Gasteiger partial charge in [-0.3, -0.25) is 4.68 Å². The van der Waals surface area contributed by atoms with Gasteiger partial charge in [0.05, 0.1) is 29.8 Å². The molecule has 1 unspecified atom stereocenters. The summed E-state index contributed by atoms with van der Waals surface area (Å²) in [6, 6.07) is 5.89. The van der Waals surface area contributed by atoms with Crippen LogP contribution in [0.1, 0.15) is 49.6 Å². The van der Waals surface area contributed by atoms with Gasteiger partial charge in [-0.15, -0.1) is 0 Å². The molecule has 6 rings (SSSR count). The minimum Gasteiger partial charge on any atom is -0.373 e. The average Bonchev–Trinajstić information content (AvgIpc) is 3.59. The molecule has 166 valence electrons. The number of hydrogen-bond acceptors (Lipinski definition) is 6. The normalized spacial score (nSPS) is 19.8. The average molecular weight is 453 g/mol. The van der Waals surface area contributed by atoms with Crippen molar-refractivity contribution in [1.82, 2.24) is 24.8 Å². The van der Waals surface area contributed by atoms with Crippen LogP contribution in [0.4, 0.5) is 0 Å². The summed E-state index contributed by atoms with van der Waals surface area (Å²) in [7, 11) is 0. The molecule has 4 heterocycles. The van der Waals surface area contributed by atoms with E-state index >= 15 is 0 Å². The molecule has 1 aliphatic carbocycles. The molecule has 1 N–H and O–H groups in total. The molecule has 1 aromatic carbocycles. The Morgan fingerprint density at radius 1 is 1.25 bits per heavy atom. The molecule has 0 bridgehead atoms. The molecule has 1 fully saturated rings. The van der Waals surface area contributed by atoms with E-state index in [1.807, 2.05) is 29.2 Å². The zero-order valence-electron chi connectivity index (χ0n) is 17.9. The first-order valence-corrected chi connectivity index (χ1v) is 11.6. The topological polar surface area (TPSA) is 78.5 Å². The Balaban J connectivity index is 1.35. The van der Waals surface area contributed by atoms with E-state index in [0.717, 1.165) is 53.3 Å². The molecule has 3 aliphatic rings. The molecule has 1 saturated carbocycles. The fourth-order valence-corrected chi connectivity index (χ4v) is 4.96. The van der Waals surface area contributed by atoms with E-state index in [9.17, 15) is 0 Å². The monoisotopic (exact) mass is 452 g/mol. The number of fused-ring (bicyclic) bond motifs is 5. The number of aromatic nitrogens is 4. The largest absolute Gasteiger partial charge is 0.373 e. The van der Waals surface area contributed by atoms with Crippen LogP contribution in [0.5, 0.6) is 0 Å². The van der Waals surface area contributed by atoms with Crippen LogP contribution in [0.25, 0.3) is 16.9 Å². The van der Waals surface area contributed by atoms with Gasteiger partial charge in [-0.05, 0) is 38.0 Å². The molecule has 0 saturated heterocycles. The second kappa shape index (κ2) is 8.03. The van der Waals surface area contributed by atoms with Crippen LogP contribution in [0.2, 0.25) is 5.02 Å². The fraction of sp³-hybridized carbons (Fsp3) is 0.435. The van der Waals surface area contributed by atoms with Crippen molar-refractivity contribution < 1.29 is 9.57 Å². The van der Waals surface area contributed by atoms with E-state index in [4.69, 9.17) is 36.3 Å². The Morgan fingerprint density at radius 3 is 2.97 bits per heavy atom. The van der Waals surface area contributed by atoms with Crippen molar-refractivity contribution in [3.63, 3.8) is 0 Å². The van der Waals surface area contributed by atoms with Crippen molar-refractivity contribution in [1.29, 1.82) is 0 Å². The number of aliphatic imine (C=N–C) groups is 1. The number of nitrogens with zero attached hydrogens (tertiary/aromatic N) is 5. The van der Waals surface area contributed by atoms with Gasteiger partial charge in [0.2, 0.25) is 6.23 Å². The van der Waals surface area contributed by atoms with E-state index in [1.165, 1.54) is 12.8 Å². The first kappa shape index (κ1) is 20.0. The smallest absolute Gasteiger partial charge is 0.200 e. The second-order valence-electron chi connectivity index (χ2n) is 8.50. The summed E-state index contributed by atoms with van der Waals surface area (Å²) >= 11 is 6.35. The van der Waals surface area contributed by atoms with Gasteiger partial charge in [0, 0.05) is 35.3 Å². The van der Waals surface area contributed by atoms with Crippen molar-refractivity contribution in [2.45, 2.75) is 57.9 Å². The quantitative estimate of drug-likeness (QED) is 0.497. The first-order valence-electron chi connectivity index (χ1n) is 11.2. The standard InChI is InChI=1S/C23H25ClN6O2/c1-2-29-11-14-9-19-22(23-26-20(32-28-23)12-31-16-5-3-4-6-16)25-13-30(19)18-8-7-15(24)10-17(18)21(14)27-29/h7-8,10-11,13,16,20H,2-6,9,12H2,1H3,(H,26,28). The highest BCUT2D eigenvalue weighted by molar-refractivity contribution is 6.31. The molecule has 0 spiro atoms. The van der Waals surface area contributed by atoms with Crippen molar-refractivity contribution in [3.8, 4) is 16.9 Å². The molecule has 0 radical (unpaired) electrons. The number of imidazole rings is 1. The number of hydrogen-bond donors (Lipinski definition) is 1. The molecule has 9 heteroatoms. The third kappa shape index (κ3) is 3.43. The molecule has 3 aromatic rings. The lowest BCUT2D eigenvalue weighted by atomic mass is 10.0. The number of ether oxygens (including phenoxy) is 1. The molecule has 0 amide bonds. The molecular weight excluding hydrogens is 428 g/mol. The summed E-state index contributed by atoms with van der Waals surface area (Å²) < 4.78 is 10.1. The van der Waals surface area contributed by atoms with Gasteiger partial charge >= 0.3 is 0 Å². The molecule has 2 aromatic heterocycles. The SMILES string of the molecule is CCn1cc2c(n1)-c1cc(Cl)ccc1-n1cnc(C3=NC(COC4CCCC4)ON3)c1C2. The highest BCUT2D eigenvalue weighted by Crippen LogP contribution is 2.37. The number of benzene rings is 1. The Hall–Kier alpha value is -2.68. The minimum absolute atomic E-state index is 0.332. The summed E-state index contributed by atoms with van der Waals surface area (Å²) in [6.45, 7) is 3.34. The Morgan fingerprint density at radius 2 is 2.12 bits per heavy atom. The number of amidine groups is 1. The van der Waals surface area contributed by atoms with Gasteiger partial charge in [-0.1, -0.05) is 24.4 Å². The van der Waals surface area contributed by atoms with Crippen LogP contribution in [0.3, 0.4) is 0 Å². The molecule has 1 atom stereocenters. The number of aryl methyl sites for hydroxylation is 1. The van der Waals surface area contributed by atoms with Gasteiger partial charge in [0.15, 0.2) is 5.84 Å². The minimum atomic E-state index is -0.363. The number of halogens is 1. The van der Waals surface area contributed by atoms with E-state index in [-0.39, 0.29) is 6.23 Å². The third-order valence-electron chi connectivity index (χ3n) is 6.42. The van der Waals surface area contributed by atoms with Crippen molar-refractivity contribution in [2.24, 2.45) is 4.99 Å². The van der Waals surface area contributed by atoms with Gasteiger partial charge in [-0.2, -0.15) is 5.10 Å². The maximum atomic E-state index is 6.35. The molecular formula is C23H25ClN6O2. The zero-order chi connectivity index (χ0) is 21.7. The molecule has 2 aliphatic heterocycles. The van der Waals surface area contributed by atoms with Crippen molar-refractivity contribution in [2.75, 3.05) is 6.61 Å². The summed E-state index contributed by atoms with van der Waals surface area (Å²) in [5.41, 5.74) is 8.90. The number of hydroxylamine groups is 1. The van der Waals surface area contributed by atoms with Crippen LogP contribution in [0, 0.1) is 0 Å². The summed E-state index contributed by atoms with van der Waals surface area (Å²) in [5, 5.41) is 5.50. The molecule has 8 nitrogen and oxygen atoms in total. The predicted octanol–water partition coefficient (Wildman–Crippen LogP) is 3.88. The van der Waals surface area contributed by atoms with E-state index in [2.05, 4.69) is 23.2 Å². The van der Waals surface area contributed by atoms with E-state index in [1.54, 1.807) is 0 Å². The summed E-state index contributed by atoms with van der Waals surface area (Å²) in [4.78, 5) is 15.1. The maximum Gasteiger partial charge on any atom is 0.200 e. The number of nitrogens with one attached hydrogen (secondary N) is 1. The summed E-state index contributed by atoms with van der Waals surface area (Å²) in [6.07, 6.45) is 9.33. The number of rotatable bonds is 5. The van der Waals surface area contributed by atoms with Gasteiger partial charge in [0.1, 0.15) is 12.0 Å². The Kier molecular flexibility index (Phi) is 5.01. The molecule has 32 heavy (non-hydrogen) atoms. The van der Waals surface area contributed by atoms with Crippen LogP contribution >= 0.6 is 11.6 Å². The Labute approximate surface area is 191 Å². The maximum absolute atomic E-state index is 6.35. The van der Waals surface area contributed by atoms with Crippen LogP contribution in [-0.2, 0) is 22.5 Å². The Bertz CT molecular complexity index is 1190. The lowest BCUT2D eigenvalue weighted by molar-refractivity contribution is -0.0466. The zero-order valence-corrected chi connectivity index (χ0v) is 18.7. The van der Waals surface area contributed by atoms with Crippen LogP contribution in [0.15, 0.2) is 35.7 Å². The van der Waals surface area contributed by atoms with Gasteiger partial charge < -0.3 is 9.30 Å². The van der Waals surface area contributed by atoms with Gasteiger partial charge in [0.25, 0.3) is 0 Å².